The van der Waals surface area contributed by atoms with Crippen molar-refractivity contribution in [3.63, 3.8) is 0 Å². The molecule has 0 radical (unpaired) electrons. The van der Waals surface area contributed by atoms with Crippen LogP contribution in [0, 0.1) is 0 Å². The first kappa shape index (κ1) is 15.9. The number of ketones is 1. The Morgan fingerprint density at radius 3 is 2.14 bits per heavy atom. The zero-order chi connectivity index (χ0) is 15.8. The van der Waals surface area contributed by atoms with Gasteiger partial charge in [0.15, 0.2) is 0 Å². The van der Waals surface area contributed by atoms with Gasteiger partial charge in [0, 0.05) is 25.1 Å². The van der Waals surface area contributed by atoms with E-state index in [1.54, 1.807) is 12.1 Å². The third-order valence-corrected chi connectivity index (χ3v) is 3.24. The monoisotopic (exact) mass is 297 g/mol. The van der Waals surface area contributed by atoms with Crippen LogP contribution in [-0.4, -0.2) is 23.4 Å². The number of nitrogens with one attached hydrogen (secondary N) is 1. The predicted octanol–water partition coefficient (Wildman–Crippen LogP) is 2.36. The van der Waals surface area contributed by atoms with Gasteiger partial charge < -0.3 is 10.4 Å². The second-order valence-electron chi connectivity index (χ2n) is 5.10. The lowest BCUT2D eigenvalue weighted by Gasteiger charge is -2.06. The van der Waals surface area contributed by atoms with Crippen LogP contribution in [0.25, 0.3) is 0 Å². The maximum absolute atomic E-state index is 11.9. The van der Waals surface area contributed by atoms with E-state index in [1.165, 1.54) is 0 Å². The summed E-state index contributed by atoms with van der Waals surface area (Å²) < 4.78 is 0. The summed E-state index contributed by atoms with van der Waals surface area (Å²) in [6.07, 6.45) is 0.811. The second-order valence-corrected chi connectivity index (χ2v) is 5.10. The van der Waals surface area contributed by atoms with Gasteiger partial charge in [0.2, 0.25) is 5.91 Å². The van der Waals surface area contributed by atoms with E-state index >= 15 is 0 Å². The van der Waals surface area contributed by atoms with Gasteiger partial charge in [0.05, 0.1) is 6.42 Å². The summed E-state index contributed by atoms with van der Waals surface area (Å²) in [6.45, 7) is -0.119. The molecule has 1 amide bonds. The van der Waals surface area contributed by atoms with Crippen molar-refractivity contribution >= 4 is 17.4 Å². The van der Waals surface area contributed by atoms with E-state index in [9.17, 15) is 9.59 Å². The minimum Gasteiger partial charge on any atom is -0.396 e. The lowest BCUT2D eigenvalue weighted by atomic mass is 10.1. The maximum Gasteiger partial charge on any atom is 0.228 e. The first-order chi connectivity index (χ1) is 10.7. The number of aliphatic hydroxyl groups is 1. The first-order valence-corrected chi connectivity index (χ1v) is 7.22. The van der Waals surface area contributed by atoms with Crippen LogP contribution in [0.15, 0.2) is 54.6 Å². The smallest absolute Gasteiger partial charge is 0.228 e. The van der Waals surface area contributed by atoms with Crippen molar-refractivity contribution < 1.29 is 14.7 Å². The standard InChI is InChI=1S/C18H19NO3/c20-11-10-17(21)12-15-6-8-16(9-7-15)19-18(22)13-14-4-2-1-3-5-14/h1-9,20H,10-13H2,(H,19,22). The van der Waals surface area contributed by atoms with E-state index < -0.39 is 0 Å². The average molecular weight is 297 g/mol. The Hall–Kier alpha value is -2.46. The largest absolute Gasteiger partial charge is 0.396 e. The molecule has 4 nitrogen and oxygen atoms in total. The van der Waals surface area contributed by atoms with E-state index in [1.807, 2.05) is 42.5 Å². The number of hydrogen-bond acceptors (Lipinski definition) is 3. The molecule has 0 aliphatic heterocycles. The Morgan fingerprint density at radius 2 is 1.50 bits per heavy atom. The lowest BCUT2D eigenvalue weighted by molar-refractivity contribution is -0.119. The third kappa shape index (κ3) is 5.14. The molecule has 0 bridgehead atoms. The van der Waals surface area contributed by atoms with Crippen molar-refractivity contribution in [2.24, 2.45) is 0 Å². The topological polar surface area (TPSA) is 66.4 Å². The van der Waals surface area contributed by atoms with E-state index in [-0.39, 0.29) is 24.7 Å². The molecular weight excluding hydrogens is 278 g/mol. The molecule has 114 valence electrons. The molecule has 0 spiro atoms. The van der Waals surface area contributed by atoms with Crippen molar-refractivity contribution in [3.05, 3.63) is 65.7 Å². The lowest BCUT2D eigenvalue weighted by Crippen LogP contribution is -2.14. The van der Waals surface area contributed by atoms with E-state index in [0.29, 0.717) is 18.5 Å². The molecule has 0 atom stereocenters. The molecule has 22 heavy (non-hydrogen) atoms. The molecule has 0 unspecified atom stereocenters. The van der Waals surface area contributed by atoms with Gasteiger partial charge in [-0.15, -0.1) is 0 Å². The van der Waals surface area contributed by atoms with Crippen LogP contribution >= 0.6 is 0 Å². The Balaban J connectivity index is 1.88. The Labute approximate surface area is 129 Å². The number of carbonyl (C=O) groups is 2. The fraction of sp³-hybridized carbons (Fsp3) is 0.222. The number of hydrogen-bond donors (Lipinski definition) is 2. The minimum absolute atomic E-state index is 0.00311. The van der Waals surface area contributed by atoms with Crippen LogP contribution in [0.3, 0.4) is 0 Å². The summed E-state index contributed by atoms with van der Waals surface area (Å²) in [5, 5.41) is 11.5. The van der Waals surface area contributed by atoms with Crippen LogP contribution in [0.2, 0.25) is 0 Å². The highest BCUT2D eigenvalue weighted by Gasteiger charge is 2.05. The number of benzene rings is 2. The SMILES string of the molecule is O=C(CCO)Cc1ccc(NC(=O)Cc2ccccc2)cc1. The first-order valence-electron chi connectivity index (χ1n) is 7.22. The fourth-order valence-corrected chi connectivity index (χ4v) is 2.13. The Kier molecular flexibility index (Phi) is 5.86. The molecule has 4 heteroatoms. The Morgan fingerprint density at radius 1 is 0.864 bits per heavy atom. The van der Waals surface area contributed by atoms with Crippen LogP contribution in [0.1, 0.15) is 17.5 Å². The summed E-state index contributed by atoms with van der Waals surface area (Å²) in [4.78, 5) is 23.4. The summed E-state index contributed by atoms with van der Waals surface area (Å²) in [7, 11) is 0. The van der Waals surface area contributed by atoms with Gasteiger partial charge in [-0.2, -0.15) is 0 Å². The summed E-state index contributed by atoms with van der Waals surface area (Å²) in [5.41, 5.74) is 2.55. The third-order valence-electron chi connectivity index (χ3n) is 3.24. The van der Waals surface area contributed by atoms with Gasteiger partial charge >= 0.3 is 0 Å². The molecule has 2 aromatic rings. The number of rotatable bonds is 7. The van der Waals surface area contributed by atoms with Crippen molar-refractivity contribution in [1.82, 2.24) is 0 Å². The summed E-state index contributed by atoms with van der Waals surface area (Å²) in [6, 6.07) is 16.7. The highest BCUT2D eigenvalue weighted by atomic mass is 16.3. The highest BCUT2D eigenvalue weighted by molar-refractivity contribution is 5.92. The van der Waals surface area contributed by atoms with Crippen LogP contribution in [0.4, 0.5) is 5.69 Å². The molecule has 2 rings (SSSR count). The van der Waals surface area contributed by atoms with Crippen LogP contribution in [-0.2, 0) is 22.4 Å². The quantitative estimate of drug-likeness (QED) is 0.824. The number of carbonyl (C=O) groups excluding carboxylic acids is 2. The van der Waals surface area contributed by atoms with Crippen molar-refractivity contribution in [2.75, 3.05) is 11.9 Å². The number of amides is 1. The molecule has 2 N–H and O–H groups in total. The molecule has 0 saturated heterocycles. The number of aliphatic hydroxyl groups excluding tert-OH is 1. The van der Waals surface area contributed by atoms with Gasteiger partial charge in [0.25, 0.3) is 0 Å². The average Bonchev–Trinajstić information content (AvgIpc) is 2.50. The van der Waals surface area contributed by atoms with Gasteiger partial charge in [-0.1, -0.05) is 42.5 Å². The molecule has 0 fully saturated rings. The molecule has 0 aliphatic rings. The predicted molar refractivity (Wildman–Crippen MR) is 85.6 cm³/mol. The number of anilines is 1. The molecule has 0 saturated carbocycles. The van der Waals surface area contributed by atoms with Gasteiger partial charge in [-0.3, -0.25) is 9.59 Å². The van der Waals surface area contributed by atoms with Crippen LogP contribution in [0.5, 0.6) is 0 Å². The second kappa shape index (κ2) is 8.10. The normalized spacial score (nSPS) is 10.2. The van der Waals surface area contributed by atoms with Crippen molar-refractivity contribution in [2.45, 2.75) is 19.3 Å². The molecule has 0 aliphatic carbocycles. The summed E-state index contributed by atoms with van der Waals surface area (Å²) >= 11 is 0. The van der Waals surface area contributed by atoms with Crippen molar-refractivity contribution in [1.29, 1.82) is 0 Å². The Bertz CT molecular complexity index is 621. The maximum atomic E-state index is 11.9. The molecular formula is C18H19NO3. The van der Waals surface area contributed by atoms with Gasteiger partial charge in [0.1, 0.15) is 5.78 Å². The minimum atomic E-state index is -0.119. The van der Waals surface area contributed by atoms with Gasteiger partial charge in [-0.25, -0.2) is 0 Å². The zero-order valence-electron chi connectivity index (χ0n) is 12.3. The van der Waals surface area contributed by atoms with Gasteiger partial charge in [-0.05, 0) is 23.3 Å². The molecule has 0 aromatic heterocycles. The number of Topliss-reactive ketones (excluding diaryl/α,β-unsaturated/α-hetero) is 1. The zero-order valence-corrected chi connectivity index (χ0v) is 12.3. The fourth-order valence-electron chi connectivity index (χ4n) is 2.13. The van der Waals surface area contributed by atoms with E-state index in [2.05, 4.69) is 5.32 Å². The van der Waals surface area contributed by atoms with E-state index in [0.717, 1.165) is 11.1 Å². The van der Waals surface area contributed by atoms with Crippen molar-refractivity contribution in [3.8, 4) is 0 Å². The molecule has 0 heterocycles. The van der Waals surface area contributed by atoms with E-state index in [4.69, 9.17) is 5.11 Å². The summed E-state index contributed by atoms with van der Waals surface area (Å²) in [5.74, 6) is -0.0707. The molecule has 2 aromatic carbocycles. The highest BCUT2D eigenvalue weighted by Crippen LogP contribution is 2.11. The van der Waals surface area contributed by atoms with Crippen LogP contribution < -0.4 is 5.32 Å².